The van der Waals surface area contributed by atoms with Crippen LogP contribution in [0.4, 0.5) is 10.5 Å². The van der Waals surface area contributed by atoms with Crippen LogP contribution in [0.25, 0.3) is 11.1 Å². The minimum atomic E-state index is -3.88. The van der Waals surface area contributed by atoms with E-state index in [1.807, 2.05) is 30.3 Å². The molecule has 3 aromatic carbocycles. The first-order chi connectivity index (χ1) is 21.5. The average molecular weight is 640 g/mol. The molecule has 0 aliphatic heterocycles. The molecule has 1 atom stereocenters. The quantitative estimate of drug-likeness (QED) is 0.144. The molecule has 1 saturated carbocycles. The highest BCUT2D eigenvalue weighted by atomic mass is 32.2. The van der Waals surface area contributed by atoms with Crippen LogP contribution in [-0.4, -0.2) is 71.0 Å². The van der Waals surface area contributed by atoms with Crippen molar-refractivity contribution in [1.29, 1.82) is 0 Å². The highest BCUT2D eigenvalue weighted by molar-refractivity contribution is 7.90. The summed E-state index contributed by atoms with van der Waals surface area (Å²) in [6.07, 6.45) is 1.93. The molecule has 240 valence electrons. The maximum absolute atomic E-state index is 13.0. The van der Waals surface area contributed by atoms with Crippen LogP contribution in [0.15, 0.2) is 66.7 Å². The van der Waals surface area contributed by atoms with Gasteiger partial charge in [0.05, 0.1) is 23.3 Å². The van der Waals surface area contributed by atoms with Crippen LogP contribution in [0.3, 0.4) is 0 Å². The van der Waals surface area contributed by atoms with Gasteiger partial charge in [0.25, 0.3) is 11.6 Å². The van der Waals surface area contributed by atoms with Crippen molar-refractivity contribution >= 4 is 27.7 Å². The van der Waals surface area contributed by atoms with Crippen molar-refractivity contribution in [2.24, 2.45) is 0 Å². The fourth-order valence-corrected chi connectivity index (χ4v) is 6.55. The van der Waals surface area contributed by atoms with Crippen molar-refractivity contribution in [2.75, 3.05) is 25.4 Å². The lowest BCUT2D eigenvalue weighted by Crippen LogP contribution is -2.35. The van der Waals surface area contributed by atoms with E-state index in [0.29, 0.717) is 17.5 Å². The highest BCUT2D eigenvalue weighted by Gasteiger charge is 2.25. The molecular weight excluding hydrogens is 602 g/mol. The first kappa shape index (κ1) is 33.6. The van der Waals surface area contributed by atoms with E-state index >= 15 is 0 Å². The van der Waals surface area contributed by atoms with Gasteiger partial charge in [-0.15, -0.1) is 0 Å². The molecule has 0 aromatic heterocycles. The summed E-state index contributed by atoms with van der Waals surface area (Å²) in [5, 5.41) is 40.1. The number of carboxylic acid groups (broad SMARTS) is 1. The standard InChI is InChI=1S/C32H37N3O9S/c36-18-3-19-45(43,44)33-31(38)28-15-12-26(20-29(28)24-4-1-2-5-24)23-8-6-22(7-9-23)16-17-34(32(39)40)21-30(37)25-10-13-27(14-11-25)35(41)42/h6-15,20,24,30,36-37H,1-5,16-19,21H2,(H,33,38)(H,39,40)/t30-/m0/s1. The average Bonchev–Trinajstić information content (AvgIpc) is 3.57. The van der Waals surface area contributed by atoms with Crippen LogP contribution in [0.1, 0.15) is 71.2 Å². The van der Waals surface area contributed by atoms with Gasteiger partial charge in [0, 0.05) is 30.8 Å². The van der Waals surface area contributed by atoms with E-state index in [-0.39, 0.29) is 43.5 Å². The number of hydrogen-bond donors (Lipinski definition) is 4. The third-order valence-electron chi connectivity index (χ3n) is 8.02. The molecule has 45 heavy (non-hydrogen) atoms. The monoisotopic (exact) mass is 639 g/mol. The van der Waals surface area contributed by atoms with Crippen LogP contribution < -0.4 is 4.72 Å². The summed E-state index contributed by atoms with van der Waals surface area (Å²) in [7, 11) is -3.88. The van der Waals surface area contributed by atoms with E-state index in [1.54, 1.807) is 12.1 Å². The van der Waals surface area contributed by atoms with Gasteiger partial charge in [-0.05, 0) is 77.6 Å². The zero-order chi connectivity index (χ0) is 32.6. The lowest BCUT2D eigenvalue weighted by atomic mass is 9.89. The summed E-state index contributed by atoms with van der Waals surface area (Å²) in [4.78, 5) is 36.3. The van der Waals surface area contributed by atoms with Gasteiger partial charge in [0.15, 0.2) is 0 Å². The van der Waals surface area contributed by atoms with Crippen molar-refractivity contribution in [2.45, 2.75) is 50.5 Å². The lowest BCUT2D eigenvalue weighted by Gasteiger charge is -2.22. The van der Waals surface area contributed by atoms with Crippen LogP contribution >= 0.6 is 0 Å². The van der Waals surface area contributed by atoms with Gasteiger partial charge in [0.1, 0.15) is 0 Å². The Morgan fingerprint density at radius 2 is 1.64 bits per heavy atom. The minimum absolute atomic E-state index is 0.0332. The molecular formula is C32H37N3O9S. The first-order valence-corrected chi connectivity index (χ1v) is 16.4. The summed E-state index contributed by atoms with van der Waals surface area (Å²) in [5.74, 6) is -0.893. The van der Waals surface area contributed by atoms with Crippen molar-refractivity contribution in [1.82, 2.24) is 9.62 Å². The van der Waals surface area contributed by atoms with Gasteiger partial charge in [-0.3, -0.25) is 14.9 Å². The van der Waals surface area contributed by atoms with E-state index < -0.39 is 33.1 Å². The first-order valence-electron chi connectivity index (χ1n) is 14.8. The van der Waals surface area contributed by atoms with Crippen LogP contribution in [0, 0.1) is 10.1 Å². The van der Waals surface area contributed by atoms with Gasteiger partial charge in [-0.2, -0.15) is 0 Å². The van der Waals surface area contributed by atoms with Gasteiger partial charge in [-0.1, -0.05) is 49.2 Å². The second-order valence-electron chi connectivity index (χ2n) is 11.2. The van der Waals surface area contributed by atoms with Crippen LogP contribution in [0.2, 0.25) is 0 Å². The Balaban J connectivity index is 1.44. The van der Waals surface area contributed by atoms with Gasteiger partial charge in [-0.25, -0.2) is 17.9 Å². The van der Waals surface area contributed by atoms with Crippen molar-refractivity contribution in [3.05, 3.63) is 99.1 Å². The number of nitro benzene ring substituents is 1. The van der Waals surface area contributed by atoms with E-state index in [0.717, 1.165) is 52.8 Å². The van der Waals surface area contributed by atoms with Gasteiger partial charge in [0.2, 0.25) is 10.0 Å². The number of rotatable bonds is 14. The Labute approximate surface area is 261 Å². The largest absolute Gasteiger partial charge is 0.465 e. The van der Waals surface area contributed by atoms with E-state index in [9.17, 15) is 38.3 Å². The number of aliphatic hydroxyl groups excluding tert-OH is 2. The zero-order valence-corrected chi connectivity index (χ0v) is 25.5. The Kier molecular flexibility index (Phi) is 11.3. The number of benzene rings is 3. The molecule has 4 rings (SSSR count). The molecule has 13 heteroatoms. The third-order valence-corrected chi connectivity index (χ3v) is 9.34. The second kappa shape index (κ2) is 15.1. The molecule has 12 nitrogen and oxygen atoms in total. The number of carbonyl (C=O) groups excluding carboxylic acids is 1. The summed E-state index contributed by atoms with van der Waals surface area (Å²) >= 11 is 0. The number of non-ortho nitro benzene ring substituents is 1. The summed E-state index contributed by atoms with van der Waals surface area (Å²) < 4.78 is 26.7. The predicted molar refractivity (Wildman–Crippen MR) is 167 cm³/mol. The number of nitro groups is 1. The number of aliphatic hydroxyl groups is 2. The molecule has 3 aromatic rings. The molecule has 0 heterocycles. The molecule has 0 radical (unpaired) electrons. The third kappa shape index (κ3) is 9.10. The molecule has 0 unspecified atom stereocenters. The Morgan fingerprint density at radius 3 is 2.24 bits per heavy atom. The number of nitrogens with zero attached hydrogens (tertiary/aromatic N) is 2. The normalized spacial score (nSPS) is 14.2. The maximum atomic E-state index is 13.0. The van der Waals surface area contributed by atoms with Crippen molar-refractivity contribution in [3.63, 3.8) is 0 Å². The Bertz CT molecular complexity index is 1600. The maximum Gasteiger partial charge on any atom is 0.407 e. The molecule has 0 bridgehead atoms. The number of hydrogen-bond acceptors (Lipinski definition) is 8. The predicted octanol–water partition coefficient (Wildman–Crippen LogP) is 4.62. The second-order valence-corrected chi connectivity index (χ2v) is 13.0. The lowest BCUT2D eigenvalue weighted by molar-refractivity contribution is -0.384. The minimum Gasteiger partial charge on any atom is -0.465 e. The summed E-state index contributed by atoms with van der Waals surface area (Å²) in [5.41, 5.74) is 3.98. The van der Waals surface area contributed by atoms with Gasteiger partial charge < -0.3 is 20.2 Å². The van der Waals surface area contributed by atoms with Crippen molar-refractivity contribution in [3.8, 4) is 11.1 Å². The van der Waals surface area contributed by atoms with Crippen molar-refractivity contribution < 1.29 is 38.2 Å². The molecule has 1 fully saturated rings. The number of carbonyl (C=O) groups is 2. The number of nitrogens with one attached hydrogen (secondary N) is 1. The molecule has 1 aliphatic carbocycles. The fourth-order valence-electron chi connectivity index (χ4n) is 5.55. The molecule has 1 aliphatic rings. The SMILES string of the molecule is O=C(NS(=O)(=O)CCCO)c1ccc(-c2ccc(CCN(C[C@H](O)c3ccc([N+](=O)[O-])cc3)C(=O)O)cc2)cc1C1CCCC1. The number of sulfonamides is 1. The molecule has 0 saturated heterocycles. The van der Waals surface area contributed by atoms with E-state index in [2.05, 4.69) is 4.72 Å². The smallest absolute Gasteiger partial charge is 0.407 e. The van der Waals surface area contributed by atoms with E-state index in [1.165, 1.54) is 24.3 Å². The van der Waals surface area contributed by atoms with E-state index in [4.69, 9.17) is 5.11 Å². The fraction of sp³-hybridized carbons (Fsp3) is 0.375. The van der Waals surface area contributed by atoms with Crippen LogP contribution in [0.5, 0.6) is 0 Å². The molecule has 4 N–H and O–H groups in total. The summed E-state index contributed by atoms with van der Waals surface area (Å²) in [6.45, 7) is -0.367. The number of amides is 2. The highest BCUT2D eigenvalue weighted by Crippen LogP contribution is 2.38. The molecule has 0 spiro atoms. The molecule has 2 amide bonds. The zero-order valence-electron chi connectivity index (χ0n) is 24.7. The summed E-state index contributed by atoms with van der Waals surface area (Å²) in [6, 6.07) is 18.2. The Hall–Kier alpha value is -4.33. The topological polar surface area (TPSA) is 187 Å². The Morgan fingerprint density at radius 1 is 1.00 bits per heavy atom. The van der Waals surface area contributed by atoms with Crippen LogP contribution in [-0.2, 0) is 16.4 Å². The van der Waals surface area contributed by atoms with Gasteiger partial charge >= 0.3 is 6.09 Å².